The maximum absolute atomic E-state index is 12.3. The first kappa shape index (κ1) is 18.0. The third kappa shape index (κ3) is 4.81. The predicted molar refractivity (Wildman–Crippen MR) is 92.7 cm³/mol. The molecule has 0 spiro atoms. The number of nitrogens with one attached hydrogen (secondary N) is 2. The van der Waals surface area contributed by atoms with Gasteiger partial charge in [0.25, 0.3) is 5.91 Å². The van der Waals surface area contributed by atoms with E-state index in [4.69, 9.17) is 0 Å². The molecule has 0 aliphatic carbocycles. The van der Waals surface area contributed by atoms with Crippen molar-refractivity contribution in [3.63, 3.8) is 0 Å². The van der Waals surface area contributed by atoms with Crippen LogP contribution in [0.4, 0.5) is 5.69 Å². The summed E-state index contributed by atoms with van der Waals surface area (Å²) in [5, 5.41) is 5.75. The Balaban J connectivity index is 1.95. The number of nitrogens with zero attached hydrogens (tertiary/aromatic N) is 1. The fourth-order valence-electron chi connectivity index (χ4n) is 2.59. The number of benzene rings is 1. The molecule has 1 fully saturated rings. The Morgan fingerprint density at radius 1 is 1.17 bits per heavy atom. The summed E-state index contributed by atoms with van der Waals surface area (Å²) in [7, 11) is 1.71. The minimum absolute atomic E-state index is 0.0771. The first-order chi connectivity index (χ1) is 11.2. The van der Waals surface area contributed by atoms with Crippen LogP contribution in [0.1, 0.15) is 44.0 Å². The number of amides is 3. The number of rotatable bonds is 3. The van der Waals surface area contributed by atoms with Crippen molar-refractivity contribution in [3.05, 3.63) is 29.8 Å². The standard InChI is InChI=1S/C18H25N3O3/c1-18(2,3)20-17(24)12-5-8-14(9-6-12)19-16(23)13-7-10-15(22)21(4)11-13/h5-6,8-9,13H,7,10-11H2,1-4H3,(H,19,23)(H,20,24). The van der Waals surface area contributed by atoms with Crippen molar-refractivity contribution in [2.24, 2.45) is 5.92 Å². The monoisotopic (exact) mass is 331 g/mol. The van der Waals surface area contributed by atoms with Crippen molar-refractivity contribution in [2.45, 2.75) is 39.2 Å². The van der Waals surface area contributed by atoms with E-state index >= 15 is 0 Å². The summed E-state index contributed by atoms with van der Waals surface area (Å²) in [5.41, 5.74) is 0.895. The van der Waals surface area contributed by atoms with Crippen molar-refractivity contribution in [2.75, 3.05) is 18.9 Å². The molecule has 1 heterocycles. The van der Waals surface area contributed by atoms with Crippen LogP contribution in [0, 0.1) is 5.92 Å². The zero-order chi connectivity index (χ0) is 17.9. The Morgan fingerprint density at radius 2 is 1.79 bits per heavy atom. The summed E-state index contributed by atoms with van der Waals surface area (Å²) < 4.78 is 0. The third-order valence-electron chi connectivity index (χ3n) is 3.90. The van der Waals surface area contributed by atoms with Gasteiger partial charge in [-0.2, -0.15) is 0 Å². The van der Waals surface area contributed by atoms with Crippen LogP contribution in [-0.2, 0) is 9.59 Å². The Bertz CT molecular complexity index is 632. The number of carbonyl (C=O) groups excluding carboxylic acids is 3. The predicted octanol–water partition coefficient (Wildman–Crippen LogP) is 2.02. The summed E-state index contributed by atoms with van der Waals surface area (Å²) in [6, 6.07) is 6.81. The quantitative estimate of drug-likeness (QED) is 0.889. The minimum atomic E-state index is -0.297. The zero-order valence-electron chi connectivity index (χ0n) is 14.7. The van der Waals surface area contributed by atoms with Gasteiger partial charge in [-0.05, 0) is 51.5 Å². The lowest BCUT2D eigenvalue weighted by atomic mass is 9.97. The van der Waals surface area contributed by atoms with Gasteiger partial charge in [0.2, 0.25) is 11.8 Å². The summed E-state index contributed by atoms with van der Waals surface area (Å²) >= 11 is 0. The minimum Gasteiger partial charge on any atom is -0.347 e. The van der Waals surface area contributed by atoms with E-state index in [2.05, 4.69) is 10.6 Å². The van der Waals surface area contributed by atoms with E-state index in [0.29, 0.717) is 30.6 Å². The average Bonchev–Trinajstić information content (AvgIpc) is 2.49. The molecule has 6 heteroatoms. The van der Waals surface area contributed by atoms with Gasteiger partial charge < -0.3 is 15.5 Å². The molecule has 0 aromatic heterocycles. The van der Waals surface area contributed by atoms with Gasteiger partial charge >= 0.3 is 0 Å². The van der Waals surface area contributed by atoms with Crippen LogP contribution in [0.3, 0.4) is 0 Å². The van der Waals surface area contributed by atoms with E-state index < -0.39 is 0 Å². The first-order valence-corrected chi connectivity index (χ1v) is 8.13. The largest absolute Gasteiger partial charge is 0.347 e. The van der Waals surface area contributed by atoms with E-state index in [9.17, 15) is 14.4 Å². The number of piperidine rings is 1. The molecule has 6 nitrogen and oxygen atoms in total. The van der Waals surface area contributed by atoms with Crippen molar-refractivity contribution >= 4 is 23.4 Å². The van der Waals surface area contributed by atoms with Crippen LogP contribution >= 0.6 is 0 Å². The number of hydrogen-bond acceptors (Lipinski definition) is 3. The molecule has 1 aromatic rings. The summed E-state index contributed by atoms with van der Waals surface area (Å²) in [6.07, 6.45) is 0.974. The summed E-state index contributed by atoms with van der Waals surface area (Å²) in [4.78, 5) is 37.4. The summed E-state index contributed by atoms with van der Waals surface area (Å²) in [6.45, 7) is 6.21. The normalized spacial score (nSPS) is 18.2. The van der Waals surface area contributed by atoms with Gasteiger partial charge in [-0.15, -0.1) is 0 Å². The molecule has 1 aliphatic heterocycles. The van der Waals surface area contributed by atoms with Crippen molar-refractivity contribution in [3.8, 4) is 0 Å². The van der Waals surface area contributed by atoms with Gasteiger partial charge in [-0.25, -0.2) is 0 Å². The van der Waals surface area contributed by atoms with Crippen molar-refractivity contribution in [1.29, 1.82) is 0 Å². The molecule has 1 saturated heterocycles. The van der Waals surface area contributed by atoms with Crippen LogP contribution in [-0.4, -0.2) is 41.8 Å². The first-order valence-electron chi connectivity index (χ1n) is 8.13. The lowest BCUT2D eigenvalue weighted by Gasteiger charge is -2.28. The average molecular weight is 331 g/mol. The molecule has 0 saturated carbocycles. The highest BCUT2D eigenvalue weighted by Gasteiger charge is 2.28. The van der Waals surface area contributed by atoms with Gasteiger partial charge in [0.15, 0.2) is 0 Å². The molecule has 1 aliphatic rings. The molecule has 0 bridgehead atoms. The van der Waals surface area contributed by atoms with Crippen molar-refractivity contribution in [1.82, 2.24) is 10.2 Å². The fraction of sp³-hybridized carbons (Fsp3) is 0.500. The molecule has 24 heavy (non-hydrogen) atoms. The van der Waals surface area contributed by atoms with Crippen LogP contribution in [0.25, 0.3) is 0 Å². The molecule has 3 amide bonds. The smallest absolute Gasteiger partial charge is 0.251 e. The number of likely N-dealkylation sites (tertiary alicyclic amines) is 1. The molecule has 1 unspecified atom stereocenters. The topological polar surface area (TPSA) is 78.5 Å². The Hall–Kier alpha value is -2.37. The molecular weight excluding hydrogens is 306 g/mol. The number of anilines is 1. The molecule has 2 rings (SSSR count). The zero-order valence-corrected chi connectivity index (χ0v) is 14.7. The molecule has 2 N–H and O–H groups in total. The Labute approximate surface area is 142 Å². The van der Waals surface area contributed by atoms with E-state index in [-0.39, 0.29) is 29.2 Å². The van der Waals surface area contributed by atoms with Gasteiger partial charge in [0, 0.05) is 36.8 Å². The Morgan fingerprint density at radius 3 is 2.33 bits per heavy atom. The SMILES string of the molecule is CN1CC(C(=O)Nc2ccc(C(=O)NC(C)(C)C)cc2)CCC1=O. The highest BCUT2D eigenvalue weighted by Crippen LogP contribution is 2.19. The van der Waals surface area contributed by atoms with E-state index in [1.807, 2.05) is 20.8 Å². The van der Waals surface area contributed by atoms with E-state index in [1.54, 1.807) is 36.2 Å². The number of carbonyl (C=O) groups is 3. The maximum Gasteiger partial charge on any atom is 0.251 e. The van der Waals surface area contributed by atoms with Crippen LogP contribution in [0.5, 0.6) is 0 Å². The highest BCUT2D eigenvalue weighted by atomic mass is 16.2. The van der Waals surface area contributed by atoms with Crippen LogP contribution < -0.4 is 10.6 Å². The Kier molecular flexibility index (Phi) is 5.26. The highest BCUT2D eigenvalue weighted by molar-refractivity contribution is 5.97. The lowest BCUT2D eigenvalue weighted by molar-refractivity contribution is -0.135. The molecule has 1 atom stereocenters. The van der Waals surface area contributed by atoms with Gasteiger partial charge in [0.1, 0.15) is 0 Å². The van der Waals surface area contributed by atoms with Gasteiger partial charge in [-0.1, -0.05) is 0 Å². The molecular formula is C18H25N3O3. The summed E-state index contributed by atoms with van der Waals surface area (Å²) in [5.74, 6) is -0.362. The second-order valence-electron chi connectivity index (χ2n) is 7.28. The molecule has 130 valence electrons. The second-order valence-corrected chi connectivity index (χ2v) is 7.28. The van der Waals surface area contributed by atoms with E-state index in [0.717, 1.165) is 0 Å². The number of hydrogen-bond donors (Lipinski definition) is 2. The third-order valence-corrected chi connectivity index (χ3v) is 3.90. The van der Waals surface area contributed by atoms with Crippen LogP contribution in [0.15, 0.2) is 24.3 Å². The van der Waals surface area contributed by atoms with Crippen LogP contribution in [0.2, 0.25) is 0 Å². The van der Waals surface area contributed by atoms with Crippen molar-refractivity contribution < 1.29 is 14.4 Å². The fourth-order valence-corrected chi connectivity index (χ4v) is 2.59. The molecule has 1 aromatic carbocycles. The van der Waals surface area contributed by atoms with Gasteiger partial charge in [-0.3, -0.25) is 14.4 Å². The maximum atomic E-state index is 12.3. The molecule has 0 radical (unpaired) electrons. The lowest BCUT2D eigenvalue weighted by Crippen LogP contribution is -2.41. The van der Waals surface area contributed by atoms with Gasteiger partial charge in [0.05, 0.1) is 5.92 Å². The second kappa shape index (κ2) is 7.03. The van der Waals surface area contributed by atoms with E-state index in [1.165, 1.54) is 0 Å².